The lowest BCUT2D eigenvalue weighted by Gasteiger charge is -2.50. The van der Waals surface area contributed by atoms with Crippen LogP contribution in [0.15, 0.2) is 12.2 Å². The van der Waals surface area contributed by atoms with E-state index >= 15 is 0 Å². The smallest absolute Gasteiger partial charge is 0.155 e. The molecule has 8 unspecified atom stereocenters. The molecule has 0 aromatic carbocycles. The number of rotatable bonds is 4. The van der Waals surface area contributed by atoms with Gasteiger partial charge in [0, 0.05) is 0 Å². The van der Waals surface area contributed by atoms with Crippen molar-refractivity contribution >= 4 is 0 Å². The monoisotopic (exact) mass is 330 g/mol. The number of allylic oxidation sites excluding steroid dienone is 2. The summed E-state index contributed by atoms with van der Waals surface area (Å²) in [6, 6.07) is 0. The molecule has 0 aromatic rings. The Morgan fingerprint density at radius 3 is 2.62 bits per heavy atom. The SMILES string of the molecule is CC(OC1CCCCC1)OC1(C)CC2CC1C1C3C=CC(C3)C21C. The fourth-order valence-corrected chi connectivity index (χ4v) is 7.76. The van der Waals surface area contributed by atoms with Gasteiger partial charge in [0.25, 0.3) is 0 Å². The Kier molecular flexibility index (Phi) is 3.53. The lowest BCUT2D eigenvalue weighted by Crippen LogP contribution is -2.50. The predicted molar refractivity (Wildman–Crippen MR) is 95.5 cm³/mol. The van der Waals surface area contributed by atoms with Crippen LogP contribution in [-0.2, 0) is 9.47 Å². The van der Waals surface area contributed by atoms with E-state index in [9.17, 15) is 0 Å². The first-order chi connectivity index (χ1) is 11.5. The summed E-state index contributed by atoms with van der Waals surface area (Å²) in [4.78, 5) is 0. The first-order valence-electron chi connectivity index (χ1n) is 10.5. The van der Waals surface area contributed by atoms with Crippen LogP contribution in [-0.4, -0.2) is 18.0 Å². The molecule has 8 atom stereocenters. The van der Waals surface area contributed by atoms with Gasteiger partial charge in [-0.2, -0.15) is 0 Å². The van der Waals surface area contributed by atoms with Gasteiger partial charge >= 0.3 is 0 Å². The highest BCUT2D eigenvalue weighted by atomic mass is 16.7. The molecule has 4 fully saturated rings. The highest BCUT2D eigenvalue weighted by Crippen LogP contribution is 2.74. The Bertz CT molecular complexity index is 536. The molecule has 0 saturated heterocycles. The standard InChI is InChI=1S/C22H34O2/c1-14(23-18-7-5-4-6-8-18)24-21(2)13-17-12-19(21)20-15-9-10-16(11-15)22(17,20)3/h9-10,14-20H,4-8,11-13H2,1-3H3. The topological polar surface area (TPSA) is 18.5 Å². The number of hydrogen-bond donors (Lipinski definition) is 0. The maximum absolute atomic E-state index is 6.65. The molecule has 24 heavy (non-hydrogen) atoms. The number of fused-ring (bicyclic) bond motifs is 9. The van der Waals surface area contributed by atoms with Gasteiger partial charge in [-0.25, -0.2) is 0 Å². The Balaban J connectivity index is 1.29. The summed E-state index contributed by atoms with van der Waals surface area (Å²) in [5.41, 5.74) is 0.613. The molecule has 5 aliphatic carbocycles. The fourth-order valence-electron chi connectivity index (χ4n) is 7.76. The Morgan fingerprint density at radius 2 is 1.83 bits per heavy atom. The van der Waals surface area contributed by atoms with Gasteiger partial charge in [-0.05, 0) is 81.0 Å². The van der Waals surface area contributed by atoms with Gasteiger partial charge in [-0.15, -0.1) is 0 Å². The zero-order valence-corrected chi connectivity index (χ0v) is 15.7. The van der Waals surface area contributed by atoms with Crippen LogP contribution >= 0.6 is 0 Å². The third-order valence-corrected chi connectivity index (χ3v) is 8.75. The molecule has 2 nitrogen and oxygen atoms in total. The quantitative estimate of drug-likeness (QED) is 0.394. The van der Waals surface area contributed by atoms with Gasteiger partial charge < -0.3 is 9.47 Å². The van der Waals surface area contributed by atoms with E-state index in [0.717, 1.165) is 29.6 Å². The van der Waals surface area contributed by atoms with Crippen molar-refractivity contribution in [1.82, 2.24) is 0 Å². The van der Waals surface area contributed by atoms with E-state index in [1.165, 1.54) is 51.4 Å². The van der Waals surface area contributed by atoms with Crippen molar-refractivity contribution < 1.29 is 9.47 Å². The van der Waals surface area contributed by atoms with E-state index in [4.69, 9.17) is 9.47 Å². The van der Waals surface area contributed by atoms with E-state index in [-0.39, 0.29) is 11.9 Å². The average Bonchev–Trinajstić information content (AvgIpc) is 3.25. The summed E-state index contributed by atoms with van der Waals surface area (Å²) in [6.45, 7) is 7.14. The van der Waals surface area contributed by atoms with E-state index in [1.54, 1.807) is 0 Å². The fraction of sp³-hybridized carbons (Fsp3) is 0.909. The third kappa shape index (κ3) is 2.08. The molecular weight excluding hydrogens is 296 g/mol. The van der Waals surface area contributed by atoms with Crippen molar-refractivity contribution in [2.75, 3.05) is 0 Å². The second kappa shape index (κ2) is 5.33. The molecule has 5 rings (SSSR count). The van der Waals surface area contributed by atoms with E-state index < -0.39 is 0 Å². The second-order valence-corrected chi connectivity index (χ2v) is 9.92. The van der Waals surface area contributed by atoms with E-state index in [1.807, 2.05) is 0 Å². The van der Waals surface area contributed by atoms with E-state index in [0.29, 0.717) is 11.5 Å². The van der Waals surface area contributed by atoms with Crippen LogP contribution in [0.3, 0.4) is 0 Å². The predicted octanol–water partition coefficient (Wildman–Crippen LogP) is 5.33. The Hall–Kier alpha value is -0.340. The molecule has 0 spiro atoms. The summed E-state index contributed by atoms with van der Waals surface area (Å²) in [5, 5.41) is 0. The molecule has 2 heteroatoms. The molecule has 4 saturated carbocycles. The minimum absolute atomic E-state index is 0.0429. The van der Waals surface area contributed by atoms with Crippen LogP contribution in [0, 0.1) is 35.0 Å². The first kappa shape index (κ1) is 15.9. The summed E-state index contributed by atoms with van der Waals surface area (Å²) >= 11 is 0. The molecule has 5 aliphatic rings. The molecule has 0 heterocycles. The van der Waals surface area contributed by atoms with Gasteiger partial charge in [0.1, 0.15) is 0 Å². The molecule has 0 radical (unpaired) electrons. The second-order valence-electron chi connectivity index (χ2n) is 9.92. The van der Waals surface area contributed by atoms with Crippen LogP contribution < -0.4 is 0 Å². The normalized spacial score (nSPS) is 53.7. The maximum Gasteiger partial charge on any atom is 0.155 e. The molecule has 0 aliphatic heterocycles. The highest BCUT2D eigenvalue weighted by Gasteiger charge is 2.71. The average molecular weight is 331 g/mol. The maximum atomic E-state index is 6.65. The zero-order valence-electron chi connectivity index (χ0n) is 15.7. The number of hydrogen-bond acceptors (Lipinski definition) is 2. The van der Waals surface area contributed by atoms with Gasteiger partial charge in [-0.3, -0.25) is 0 Å². The summed E-state index contributed by atoms with van der Waals surface area (Å²) in [7, 11) is 0. The molecule has 0 N–H and O–H groups in total. The Labute approximate surface area is 147 Å². The van der Waals surface area contributed by atoms with Crippen molar-refractivity contribution in [3.63, 3.8) is 0 Å². The van der Waals surface area contributed by atoms with Crippen molar-refractivity contribution in [3.8, 4) is 0 Å². The van der Waals surface area contributed by atoms with Crippen molar-refractivity contribution in [3.05, 3.63) is 12.2 Å². The summed E-state index contributed by atoms with van der Waals surface area (Å²) in [5.74, 6) is 4.14. The van der Waals surface area contributed by atoms with Crippen molar-refractivity contribution in [2.45, 2.75) is 90.1 Å². The van der Waals surface area contributed by atoms with Crippen molar-refractivity contribution in [1.29, 1.82) is 0 Å². The molecular formula is C22H34O2. The minimum Gasteiger partial charge on any atom is -0.350 e. The van der Waals surface area contributed by atoms with Crippen LogP contribution in [0.5, 0.6) is 0 Å². The number of ether oxygens (including phenoxy) is 2. The van der Waals surface area contributed by atoms with Crippen molar-refractivity contribution in [2.24, 2.45) is 35.0 Å². The molecule has 0 amide bonds. The molecule has 0 aromatic heterocycles. The van der Waals surface area contributed by atoms with Gasteiger partial charge in [0.15, 0.2) is 6.29 Å². The summed E-state index contributed by atoms with van der Waals surface area (Å²) in [6.07, 6.45) is 16.0. The zero-order chi connectivity index (χ0) is 16.5. The van der Waals surface area contributed by atoms with E-state index in [2.05, 4.69) is 32.9 Å². The highest BCUT2D eigenvalue weighted by molar-refractivity contribution is 5.27. The Morgan fingerprint density at radius 1 is 1.04 bits per heavy atom. The van der Waals surface area contributed by atoms with Gasteiger partial charge in [-0.1, -0.05) is 38.3 Å². The lowest BCUT2D eigenvalue weighted by atomic mass is 9.59. The lowest BCUT2D eigenvalue weighted by molar-refractivity contribution is -0.243. The molecule has 4 bridgehead atoms. The van der Waals surface area contributed by atoms with Crippen LogP contribution in [0.25, 0.3) is 0 Å². The first-order valence-corrected chi connectivity index (χ1v) is 10.5. The van der Waals surface area contributed by atoms with Crippen LogP contribution in [0.4, 0.5) is 0 Å². The van der Waals surface area contributed by atoms with Crippen LogP contribution in [0.2, 0.25) is 0 Å². The largest absolute Gasteiger partial charge is 0.350 e. The third-order valence-electron chi connectivity index (χ3n) is 8.75. The minimum atomic E-state index is -0.0437. The molecule has 134 valence electrons. The van der Waals surface area contributed by atoms with Crippen LogP contribution in [0.1, 0.15) is 72.1 Å². The summed E-state index contributed by atoms with van der Waals surface area (Å²) < 4.78 is 12.9. The van der Waals surface area contributed by atoms with Gasteiger partial charge in [0.2, 0.25) is 0 Å². The van der Waals surface area contributed by atoms with Gasteiger partial charge in [0.05, 0.1) is 11.7 Å².